The van der Waals surface area contributed by atoms with E-state index < -0.39 is 0 Å². The van der Waals surface area contributed by atoms with Gasteiger partial charge in [0.05, 0.1) is 11.2 Å². The lowest BCUT2D eigenvalue weighted by atomic mass is 10.3. The Morgan fingerprint density at radius 1 is 1.38 bits per heavy atom. The number of hydrogen-bond donors (Lipinski definition) is 0. The molecule has 0 aliphatic heterocycles. The molecule has 6 heteroatoms. The monoisotopic (exact) mass is 227 g/mol. The number of fused-ring (bicyclic) bond motifs is 1. The van der Waals surface area contributed by atoms with E-state index in [0.29, 0.717) is 11.3 Å². The molecule has 0 atom stereocenters. The van der Waals surface area contributed by atoms with Crippen molar-refractivity contribution in [3.05, 3.63) is 35.0 Å². The first kappa shape index (κ1) is 9.00. The predicted molar refractivity (Wildman–Crippen MR) is 58.8 cm³/mol. The first-order chi connectivity index (χ1) is 7.86. The first-order valence-corrected chi connectivity index (χ1v) is 5.45. The number of nitriles is 1. The molecule has 5 nitrogen and oxygen atoms in total. The summed E-state index contributed by atoms with van der Waals surface area (Å²) in [4.78, 5) is 8.41. The van der Waals surface area contributed by atoms with Crippen LogP contribution in [0.15, 0.2) is 29.4 Å². The van der Waals surface area contributed by atoms with Crippen LogP contribution in [0.3, 0.4) is 0 Å². The standard InChI is InChI=1S/C10H5N5S/c11-2-8-1-10-12-3-7(4-15(10)14-8)9-5-16-6-13-9/h1,3-6H. The fourth-order valence-corrected chi connectivity index (χ4v) is 1.98. The Balaban J connectivity index is 2.20. The van der Waals surface area contributed by atoms with Crippen LogP contribution in [0.2, 0.25) is 0 Å². The van der Waals surface area contributed by atoms with E-state index in [1.165, 1.54) is 11.3 Å². The molecule has 3 heterocycles. The molecule has 0 amide bonds. The summed E-state index contributed by atoms with van der Waals surface area (Å²) in [6.45, 7) is 0. The number of hydrogen-bond acceptors (Lipinski definition) is 5. The molecule has 0 bridgehead atoms. The van der Waals surface area contributed by atoms with Crippen LogP contribution in [-0.4, -0.2) is 19.6 Å². The second-order valence-electron chi connectivity index (χ2n) is 3.16. The lowest BCUT2D eigenvalue weighted by Gasteiger charge is -1.96. The van der Waals surface area contributed by atoms with E-state index in [4.69, 9.17) is 5.26 Å². The molecule has 0 fully saturated rings. The Bertz CT molecular complexity index is 677. The molecule has 3 aromatic heterocycles. The minimum absolute atomic E-state index is 0.364. The van der Waals surface area contributed by atoms with Gasteiger partial charge in [-0.1, -0.05) is 0 Å². The minimum atomic E-state index is 0.364. The molecule has 3 rings (SSSR count). The van der Waals surface area contributed by atoms with Gasteiger partial charge >= 0.3 is 0 Å². The van der Waals surface area contributed by atoms with E-state index in [1.807, 2.05) is 17.6 Å². The maximum absolute atomic E-state index is 8.73. The van der Waals surface area contributed by atoms with Crippen LogP contribution in [0.1, 0.15) is 5.69 Å². The van der Waals surface area contributed by atoms with Crippen molar-refractivity contribution < 1.29 is 0 Å². The molecule has 0 saturated carbocycles. The van der Waals surface area contributed by atoms with E-state index in [-0.39, 0.29) is 0 Å². The molecule has 0 unspecified atom stereocenters. The molecule has 0 spiro atoms. The molecular weight excluding hydrogens is 222 g/mol. The zero-order valence-electron chi connectivity index (χ0n) is 8.03. The molecule has 16 heavy (non-hydrogen) atoms. The average Bonchev–Trinajstić information content (AvgIpc) is 2.96. The van der Waals surface area contributed by atoms with Gasteiger partial charge in [0.2, 0.25) is 0 Å². The summed E-state index contributed by atoms with van der Waals surface area (Å²) in [6, 6.07) is 3.63. The maximum atomic E-state index is 8.73. The maximum Gasteiger partial charge on any atom is 0.165 e. The van der Waals surface area contributed by atoms with Crippen LogP contribution in [0.5, 0.6) is 0 Å². The van der Waals surface area contributed by atoms with Gasteiger partial charge < -0.3 is 0 Å². The Kier molecular flexibility index (Phi) is 1.91. The summed E-state index contributed by atoms with van der Waals surface area (Å²) in [5.41, 5.74) is 4.55. The van der Waals surface area contributed by atoms with Crippen LogP contribution >= 0.6 is 11.3 Å². The van der Waals surface area contributed by atoms with Gasteiger partial charge in [-0.25, -0.2) is 14.5 Å². The Labute approximate surface area is 94.6 Å². The molecule has 0 N–H and O–H groups in total. The second kappa shape index (κ2) is 3.40. The van der Waals surface area contributed by atoms with Crippen molar-refractivity contribution in [2.75, 3.05) is 0 Å². The second-order valence-corrected chi connectivity index (χ2v) is 3.88. The van der Waals surface area contributed by atoms with E-state index in [1.54, 1.807) is 22.3 Å². The molecule has 0 saturated heterocycles. The predicted octanol–water partition coefficient (Wildman–Crippen LogP) is 1.72. The highest BCUT2D eigenvalue weighted by atomic mass is 32.1. The summed E-state index contributed by atoms with van der Waals surface area (Å²) in [5, 5.41) is 14.7. The summed E-state index contributed by atoms with van der Waals surface area (Å²) >= 11 is 1.53. The molecule has 0 aromatic carbocycles. The first-order valence-electron chi connectivity index (χ1n) is 4.51. The van der Waals surface area contributed by atoms with Crippen LogP contribution in [0, 0.1) is 11.3 Å². The topological polar surface area (TPSA) is 66.9 Å². The third kappa shape index (κ3) is 1.34. The molecular formula is C10H5N5S. The fraction of sp³-hybridized carbons (Fsp3) is 0. The number of aromatic nitrogens is 4. The van der Waals surface area contributed by atoms with E-state index in [0.717, 1.165) is 11.3 Å². The Hall–Kier alpha value is -2.26. The number of nitrogens with zero attached hydrogens (tertiary/aromatic N) is 5. The van der Waals surface area contributed by atoms with Gasteiger partial charge in [-0.3, -0.25) is 0 Å². The summed E-state index contributed by atoms with van der Waals surface area (Å²) < 4.78 is 1.59. The SMILES string of the molecule is N#Cc1cc2ncc(-c3cscn3)cn2n1. The highest BCUT2D eigenvalue weighted by Crippen LogP contribution is 2.18. The van der Waals surface area contributed by atoms with Crippen LogP contribution < -0.4 is 0 Å². The van der Waals surface area contributed by atoms with Gasteiger partial charge in [0.25, 0.3) is 0 Å². The quantitative estimate of drug-likeness (QED) is 0.635. The van der Waals surface area contributed by atoms with Crippen molar-refractivity contribution in [3.8, 4) is 17.3 Å². The summed E-state index contributed by atoms with van der Waals surface area (Å²) in [6.07, 6.45) is 3.55. The highest BCUT2D eigenvalue weighted by molar-refractivity contribution is 7.07. The van der Waals surface area contributed by atoms with Crippen LogP contribution in [-0.2, 0) is 0 Å². The van der Waals surface area contributed by atoms with Gasteiger partial charge in [0.15, 0.2) is 11.3 Å². The van der Waals surface area contributed by atoms with Crippen molar-refractivity contribution in [2.24, 2.45) is 0 Å². The third-order valence-corrected chi connectivity index (χ3v) is 2.74. The summed E-state index contributed by atoms with van der Waals surface area (Å²) in [7, 11) is 0. The Morgan fingerprint density at radius 3 is 3.06 bits per heavy atom. The smallest absolute Gasteiger partial charge is 0.165 e. The third-order valence-electron chi connectivity index (χ3n) is 2.16. The zero-order chi connectivity index (χ0) is 11.0. The minimum Gasteiger partial charge on any atom is -0.245 e. The van der Waals surface area contributed by atoms with Crippen LogP contribution in [0.25, 0.3) is 16.9 Å². The average molecular weight is 227 g/mol. The molecule has 0 aliphatic carbocycles. The fourth-order valence-electron chi connectivity index (χ4n) is 1.42. The summed E-state index contributed by atoms with van der Waals surface area (Å²) in [5.74, 6) is 0. The normalized spacial score (nSPS) is 10.4. The number of thiazole rings is 1. The molecule has 3 aromatic rings. The van der Waals surface area contributed by atoms with Crippen molar-refractivity contribution in [1.82, 2.24) is 19.6 Å². The molecule has 76 valence electrons. The largest absolute Gasteiger partial charge is 0.245 e. The van der Waals surface area contributed by atoms with Gasteiger partial charge in [-0.05, 0) is 0 Å². The van der Waals surface area contributed by atoms with Gasteiger partial charge in [-0.15, -0.1) is 11.3 Å². The van der Waals surface area contributed by atoms with Crippen molar-refractivity contribution >= 4 is 17.0 Å². The van der Waals surface area contributed by atoms with E-state index in [2.05, 4.69) is 15.1 Å². The lowest BCUT2D eigenvalue weighted by molar-refractivity contribution is 0.931. The highest BCUT2D eigenvalue weighted by Gasteiger charge is 2.05. The van der Waals surface area contributed by atoms with Crippen molar-refractivity contribution in [1.29, 1.82) is 5.26 Å². The number of rotatable bonds is 1. The van der Waals surface area contributed by atoms with Crippen molar-refractivity contribution in [2.45, 2.75) is 0 Å². The van der Waals surface area contributed by atoms with E-state index in [9.17, 15) is 0 Å². The van der Waals surface area contributed by atoms with Gasteiger partial charge in [0.1, 0.15) is 6.07 Å². The van der Waals surface area contributed by atoms with Crippen LogP contribution in [0.4, 0.5) is 0 Å². The van der Waals surface area contributed by atoms with Gasteiger partial charge in [-0.2, -0.15) is 10.4 Å². The zero-order valence-corrected chi connectivity index (χ0v) is 8.85. The molecule has 0 aliphatic rings. The molecule has 0 radical (unpaired) electrons. The van der Waals surface area contributed by atoms with Crippen molar-refractivity contribution in [3.63, 3.8) is 0 Å². The van der Waals surface area contributed by atoms with E-state index >= 15 is 0 Å². The Morgan fingerprint density at radius 2 is 2.31 bits per heavy atom. The lowest BCUT2D eigenvalue weighted by Crippen LogP contribution is -1.91. The van der Waals surface area contributed by atoms with Gasteiger partial charge in [0, 0.05) is 29.4 Å².